The first-order valence-corrected chi connectivity index (χ1v) is 12.7. The predicted molar refractivity (Wildman–Crippen MR) is 134 cm³/mol. The third-order valence-electron chi connectivity index (χ3n) is 6.98. The van der Waals surface area contributed by atoms with Crippen LogP contribution in [0.3, 0.4) is 0 Å². The van der Waals surface area contributed by atoms with Gasteiger partial charge in [-0.1, -0.05) is 17.7 Å². The van der Waals surface area contributed by atoms with E-state index in [-0.39, 0.29) is 30.6 Å². The zero-order valence-electron chi connectivity index (χ0n) is 19.9. The van der Waals surface area contributed by atoms with Gasteiger partial charge in [-0.2, -0.15) is 0 Å². The maximum atomic E-state index is 13.4. The van der Waals surface area contributed by atoms with Gasteiger partial charge in [0.2, 0.25) is 12.7 Å². The summed E-state index contributed by atoms with van der Waals surface area (Å²) in [6.45, 7) is 2.51. The number of ether oxygens (including phenoxy) is 2. The molecular formula is C26H29ClN4O5. The van der Waals surface area contributed by atoms with Crippen LogP contribution >= 0.6 is 11.6 Å². The van der Waals surface area contributed by atoms with Gasteiger partial charge in [-0.15, -0.1) is 0 Å². The monoisotopic (exact) mass is 512 g/mol. The van der Waals surface area contributed by atoms with Crippen molar-refractivity contribution in [3.63, 3.8) is 0 Å². The van der Waals surface area contributed by atoms with Gasteiger partial charge in [-0.3, -0.25) is 9.59 Å². The summed E-state index contributed by atoms with van der Waals surface area (Å²) in [5.74, 6) is 0.658. The molecule has 5 rings (SSSR count). The molecule has 10 heteroatoms. The Kier molecular flexibility index (Phi) is 7.18. The topological polar surface area (TPSA) is 100 Å². The molecule has 0 bridgehead atoms. The van der Waals surface area contributed by atoms with Crippen molar-refractivity contribution in [2.45, 2.75) is 31.7 Å². The third-order valence-corrected chi connectivity index (χ3v) is 7.21. The fourth-order valence-corrected chi connectivity index (χ4v) is 5.17. The van der Waals surface area contributed by atoms with Crippen molar-refractivity contribution in [2.75, 3.05) is 38.3 Å². The smallest absolute Gasteiger partial charge is 0.321 e. The molecule has 2 N–H and O–H groups in total. The van der Waals surface area contributed by atoms with E-state index in [0.717, 1.165) is 12.8 Å². The number of anilines is 1. The van der Waals surface area contributed by atoms with E-state index >= 15 is 0 Å². The average molecular weight is 513 g/mol. The van der Waals surface area contributed by atoms with Crippen molar-refractivity contribution in [1.29, 1.82) is 0 Å². The van der Waals surface area contributed by atoms with E-state index in [0.29, 0.717) is 66.8 Å². The molecule has 4 amide bonds. The van der Waals surface area contributed by atoms with Crippen molar-refractivity contribution in [1.82, 2.24) is 15.1 Å². The van der Waals surface area contributed by atoms with Crippen LogP contribution in [0.1, 0.15) is 36.0 Å². The first kappa shape index (κ1) is 24.2. The first-order chi connectivity index (χ1) is 17.5. The number of carbonyl (C=O) groups excluding carboxylic acids is 3. The Morgan fingerprint density at radius 2 is 1.67 bits per heavy atom. The quantitative estimate of drug-likeness (QED) is 0.636. The zero-order valence-corrected chi connectivity index (χ0v) is 20.6. The van der Waals surface area contributed by atoms with Gasteiger partial charge in [0.25, 0.3) is 5.91 Å². The number of halogens is 1. The molecule has 3 heterocycles. The van der Waals surface area contributed by atoms with Gasteiger partial charge in [0.15, 0.2) is 11.5 Å². The maximum absolute atomic E-state index is 13.4. The number of hydrogen-bond donors (Lipinski definition) is 2. The Morgan fingerprint density at radius 3 is 2.42 bits per heavy atom. The minimum atomic E-state index is -0.654. The molecule has 0 aliphatic carbocycles. The van der Waals surface area contributed by atoms with Crippen molar-refractivity contribution >= 4 is 35.1 Å². The van der Waals surface area contributed by atoms with Crippen LogP contribution in [0, 0.1) is 5.92 Å². The van der Waals surface area contributed by atoms with Crippen LogP contribution in [0.15, 0.2) is 42.5 Å². The normalized spacial score (nSPS) is 18.1. The van der Waals surface area contributed by atoms with E-state index in [4.69, 9.17) is 21.1 Å². The number of nitrogens with zero attached hydrogens (tertiary/aromatic N) is 2. The number of carbonyl (C=O) groups is 3. The molecule has 3 aliphatic rings. The molecule has 1 atom stereocenters. The summed E-state index contributed by atoms with van der Waals surface area (Å²) in [5, 5.41) is 6.42. The Hall–Kier alpha value is -3.46. The number of nitrogens with one attached hydrogen (secondary N) is 2. The SMILES string of the molecule is O=C(N[C@@H](C(=O)N1CCCC1)C1CCN(C(=O)Nc2cccc(Cl)c2)CC1)c1ccc2c(c1)OCO2. The minimum absolute atomic E-state index is 0.0524. The number of amides is 4. The summed E-state index contributed by atoms with van der Waals surface area (Å²) in [5.41, 5.74) is 1.05. The first-order valence-electron chi connectivity index (χ1n) is 12.3. The van der Waals surface area contributed by atoms with Gasteiger partial charge in [-0.25, -0.2) is 4.79 Å². The molecular weight excluding hydrogens is 484 g/mol. The summed E-state index contributed by atoms with van der Waals surface area (Å²) < 4.78 is 10.7. The molecule has 2 aromatic carbocycles. The average Bonchev–Trinajstić information content (AvgIpc) is 3.59. The molecule has 36 heavy (non-hydrogen) atoms. The van der Waals surface area contributed by atoms with Gasteiger partial charge >= 0.3 is 6.03 Å². The van der Waals surface area contributed by atoms with Crippen LogP contribution in [-0.4, -0.2) is 66.7 Å². The predicted octanol–water partition coefficient (Wildman–Crippen LogP) is 3.73. The molecule has 2 saturated heterocycles. The molecule has 190 valence electrons. The molecule has 0 spiro atoms. The lowest BCUT2D eigenvalue weighted by Gasteiger charge is -2.37. The van der Waals surface area contributed by atoms with Gasteiger partial charge < -0.3 is 29.9 Å². The summed E-state index contributed by atoms with van der Waals surface area (Å²) in [6.07, 6.45) is 3.15. The molecule has 9 nitrogen and oxygen atoms in total. The van der Waals surface area contributed by atoms with Crippen LogP contribution in [0.5, 0.6) is 11.5 Å². The molecule has 2 fully saturated rings. The molecule has 0 aromatic heterocycles. The van der Waals surface area contributed by atoms with Crippen LogP contribution in [0.25, 0.3) is 0 Å². The van der Waals surface area contributed by atoms with E-state index < -0.39 is 6.04 Å². The Bertz CT molecular complexity index is 1140. The van der Waals surface area contributed by atoms with E-state index in [1.165, 1.54) is 0 Å². The van der Waals surface area contributed by atoms with E-state index in [1.807, 2.05) is 4.90 Å². The van der Waals surface area contributed by atoms with E-state index in [9.17, 15) is 14.4 Å². The maximum Gasteiger partial charge on any atom is 0.321 e. The van der Waals surface area contributed by atoms with Gasteiger partial charge in [0.1, 0.15) is 6.04 Å². The number of fused-ring (bicyclic) bond motifs is 1. The number of rotatable bonds is 5. The number of hydrogen-bond acceptors (Lipinski definition) is 5. The fraction of sp³-hybridized carbons (Fsp3) is 0.423. The third kappa shape index (κ3) is 5.36. The highest BCUT2D eigenvalue weighted by atomic mass is 35.5. The summed E-state index contributed by atoms with van der Waals surface area (Å²) in [6, 6.07) is 11.2. The Balaban J connectivity index is 1.25. The minimum Gasteiger partial charge on any atom is -0.454 e. The van der Waals surface area contributed by atoms with E-state index in [2.05, 4.69) is 10.6 Å². The van der Waals surface area contributed by atoms with Crippen molar-refractivity contribution in [3.05, 3.63) is 53.1 Å². The van der Waals surface area contributed by atoms with Gasteiger partial charge in [-0.05, 0) is 68.0 Å². The highest BCUT2D eigenvalue weighted by Gasteiger charge is 2.37. The second-order valence-electron chi connectivity index (χ2n) is 9.32. The summed E-state index contributed by atoms with van der Waals surface area (Å²) in [4.78, 5) is 42.9. The number of piperidine rings is 1. The Labute approximate surface area is 214 Å². The standard InChI is InChI=1S/C26H29ClN4O5/c27-19-4-3-5-20(15-19)28-26(34)31-12-8-17(9-13-31)23(25(33)30-10-1-2-11-30)29-24(32)18-6-7-21-22(14-18)36-16-35-21/h3-7,14-15,17,23H,1-2,8-13,16H2,(H,28,34)(H,29,32)/t23-/m1/s1. The van der Waals surface area contributed by atoms with Crippen molar-refractivity contribution in [2.24, 2.45) is 5.92 Å². The lowest BCUT2D eigenvalue weighted by molar-refractivity contribution is -0.134. The van der Waals surface area contributed by atoms with Crippen LogP contribution < -0.4 is 20.1 Å². The fourth-order valence-electron chi connectivity index (χ4n) is 4.98. The molecule has 0 radical (unpaired) electrons. The lowest BCUT2D eigenvalue weighted by Crippen LogP contribution is -2.54. The highest BCUT2D eigenvalue weighted by Crippen LogP contribution is 2.33. The molecule has 0 unspecified atom stereocenters. The van der Waals surface area contributed by atoms with E-state index in [1.54, 1.807) is 47.4 Å². The largest absolute Gasteiger partial charge is 0.454 e. The number of urea groups is 1. The second kappa shape index (κ2) is 10.7. The summed E-state index contributed by atoms with van der Waals surface area (Å²) >= 11 is 6.02. The van der Waals surface area contributed by atoms with Crippen LogP contribution in [-0.2, 0) is 4.79 Å². The second-order valence-corrected chi connectivity index (χ2v) is 9.75. The van der Waals surface area contributed by atoms with Crippen molar-refractivity contribution in [3.8, 4) is 11.5 Å². The molecule has 2 aromatic rings. The number of likely N-dealkylation sites (tertiary alicyclic amines) is 2. The Morgan fingerprint density at radius 1 is 0.917 bits per heavy atom. The zero-order chi connectivity index (χ0) is 25.1. The van der Waals surface area contributed by atoms with Crippen LogP contribution in [0.4, 0.5) is 10.5 Å². The van der Waals surface area contributed by atoms with Gasteiger partial charge in [0.05, 0.1) is 0 Å². The van der Waals surface area contributed by atoms with Crippen LogP contribution in [0.2, 0.25) is 5.02 Å². The summed E-state index contributed by atoms with van der Waals surface area (Å²) in [7, 11) is 0. The van der Waals surface area contributed by atoms with Gasteiger partial charge in [0, 0.05) is 42.5 Å². The lowest BCUT2D eigenvalue weighted by atomic mass is 9.88. The molecule has 3 aliphatic heterocycles. The van der Waals surface area contributed by atoms with Crippen molar-refractivity contribution < 1.29 is 23.9 Å². The number of benzene rings is 2. The highest BCUT2D eigenvalue weighted by molar-refractivity contribution is 6.30. The molecule has 0 saturated carbocycles.